The smallest absolute Gasteiger partial charge is 0.309 e. The number of nitrogens with one attached hydrogen (secondary N) is 3. The molecule has 0 unspecified atom stereocenters. The van der Waals surface area contributed by atoms with E-state index >= 15 is 0 Å². The van der Waals surface area contributed by atoms with Gasteiger partial charge in [0.2, 0.25) is 0 Å². The van der Waals surface area contributed by atoms with Crippen LogP contribution in [-0.4, -0.2) is 44.2 Å². The van der Waals surface area contributed by atoms with E-state index < -0.39 is 11.8 Å². The highest BCUT2D eigenvalue weighted by atomic mass is 35.5. The Hall–Kier alpha value is -1.93. The van der Waals surface area contributed by atoms with E-state index in [1.807, 2.05) is 30.5 Å². The Bertz CT molecular complexity index is 777. The fraction of sp³-hybridized carbons (Fsp3) is 0.400. The number of rotatable bonds is 6. The minimum absolute atomic E-state index is 0.0944. The Morgan fingerprint density at radius 2 is 1.89 bits per heavy atom. The third-order valence-electron chi connectivity index (χ3n) is 4.86. The summed E-state index contributed by atoms with van der Waals surface area (Å²) in [5, 5.41) is 8.21. The van der Waals surface area contributed by atoms with Crippen molar-refractivity contribution >= 4 is 34.8 Å². The molecule has 1 saturated heterocycles. The van der Waals surface area contributed by atoms with Gasteiger partial charge in [-0.05, 0) is 36.1 Å². The number of carbonyl (C=O) groups excluding carboxylic acids is 2. The van der Waals surface area contributed by atoms with Gasteiger partial charge in [-0.3, -0.25) is 9.59 Å². The largest absolute Gasteiger partial charge is 0.370 e. The SMILES string of the molecule is C[C@@H](NC(=O)C(=O)NCc1ccc(Cl)cc1)[C@H](c1cccs1)[NH+]1CCOCC1. The molecule has 1 aliphatic heterocycles. The molecule has 2 heterocycles. The van der Waals surface area contributed by atoms with Gasteiger partial charge in [0.05, 0.1) is 24.1 Å². The van der Waals surface area contributed by atoms with Crippen molar-refractivity contribution in [2.75, 3.05) is 26.3 Å². The molecule has 6 nitrogen and oxygen atoms in total. The molecule has 1 fully saturated rings. The lowest BCUT2D eigenvalue weighted by atomic mass is 10.1. The number of benzene rings is 1. The second-order valence-corrected chi connectivity index (χ2v) is 8.25. The van der Waals surface area contributed by atoms with Crippen molar-refractivity contribution in [1.82, 2.24) is 10.6 Å². The summed E-state index contributed by atoms with van der Waals surface area (Å²) < 4.78 is 5.47. The van der Waals surface area contributed by atoms with Crippen molar-refractivity contribution in [3.8, 4) is 0 Å². The molecule has 0 bridgehead atoms. The Morgan fingerprint density at radius 3 is 2.54 bits per heavy atom. The van der Waals surface area contributed by atoms with Crippen molar-refractivity contribution in [1.29, 1.82) is 0 Å². The highest BCUT2D eigenvalue weighted by Crippen LogP contribution is 2.20. The first-order valence-electron chi connectivity index (χ1n) is 9.33. The van der Waals surface area contributed by atoms with Crippen molar-refractivity contribution < 1.29 is 19.2 Å². The van der Waals surface area contributed by atoms with Crippen LogP contribution in [0.4, 0.5) is 0 Å². The Balaban J connectivity index is 1.58. The van der Waals surface area contributed by atoms with E-state index in [4.69, 9.17) is 16.3 Å². The van der Waals surface area contributed by atoms with E-state index in [0.29, 0.717) is 18.2 Å². The fourth-order valence-electron chi connectivity index (χ4n) is 3.43. The van der Waals surface area contributed by atoms with Crippen molar-refractivity contribution in [2.45, 2.75) is 25.6 Å². The molecule has 8 heteroatoms. The average molecular weight is 423 g/mol. The van der Waals surface area contributed by atoms with E-state index in [0.717, 1.165) is 18.7 Å². The lowest BCUT2D eigenvalue weighted by Crippen LogP contribution is -3.15. The highest BCUT2D eigenvalue weighted by Gasteiger charge is 2.33. The number of thiophene rings is 1. The Labute approximate surface area is 173 Å². The first-order valence-corrected chi connectivity index (χ1v) is 10.6. The number of quaternary nitrogens is 1. The van der Waals surface area contributed by atoms with Crippen molar-refractivity contribution in [2.24, 2.45) is 0 Å². The van der Waals surface area contributed by atoms with Crippen LogP contribution < -0.4 is 15.5 Å². The molecule has 1 aromatic heterocycles. The lowest BCUT2D eigenvalue weighted by molar-refractivity contribution is -0.939. The van der Waals surface area contributed by atoms with E-state index in [9.17, 15) is 9.59 Å². The number of halogens is 1. The molecule has 2 amide bonds. The third-order valence-corrected chi connectivity index (χ3v) is 6.06. The zero-order valence-electron chi connectivity index (χ0n) is 15.7. The van der Waals surface area contributed by atoms with Gasteiger partial charge in [0, 0.05) is 11.6 Å². The number of amides is 2. The van der Waals surface area contributed by atoms with Crippen LogP contribution in [0.25, 0.3) is 0 Å². The van der Waals surface area contributed by atoms with Gasteiger partial charge >= 0.3 is 11.8 Å². The second kappa shape index (κ2) is 10.0. The molecule has 1 aliphatic rings. The van der Waals surface area contributed by atoms with Crippen LogP contribution in [0.2, 0.25) is 5.02 Å². The number of morpholine rings is 1. The molecule has 28 heavy (non-hydrogen) atoms. The Kier molecular flexibility index (Phi) is 7.44. The molecule has 2 atom stereocenters. The number of hydrogen-bond acceptors (Lipinski definition) is 4. The van der Waals surface area contributed by atoms with E-state index in [1.165, 1.54) is 9.78 Å². The maximum atomic E-state index is 12.4. The van der Waals surface area contributed by atoms with Crippen molar-refractivity contribution in [3.63, 3.8) is 0 Å². The molecular weight excluding hydrogens is 398 g/mol. The van der Waals surface area contributed by atoms with Gasteiger partial charge in [-0.15, -0.1) is 11.3 Å². The molecule has 0 saturated carbocycles. The second-order valence-electron chi connectivity index (χ2n) is 6.83. The van der Waals surface area contributed by atoms with Gasteiger partial charge in [-0.1, -0.05) is 29.8 Å². The van der Waals surface area contributed by atoms with E-state index in [1.54, 1.807) is 23.5 Å². The maximum absolute atomic E-state index is 12.4. The normalized spacial score (nSPS) is 16.9. The summed E-state index contributed by atoms with van der Waals surface area (Å²) in [6.07, 6.45) is 0. The number of carbonyl (C=O) groups is 2. The molecule has 1 aromatic carbocycles. The van der Waals surface area contributed by atoms with Crippen LogP contribution in [0.15, 0.2) is 41.8 Å². The fourth-order valence-corrected chi connectivity index (χ4v) is 4.55. The van der Waals surface area contributed by atoms with Crippen LogP contribution in [0, 0.1) is 0 Å². The van der Waals surface area contributed by atoms with Crippen molar-refractivity contribution in [3.05, 3.63) is 57.2 Å². The minimum Gasteiger partial charge on any atom is -0.370 e. The molecule has 0 aliphatic carbocycles. The van der Waals surface area contributed by atoms with Crippen LogP contribution in [0.3, 0.4) is 0 Å². The third kappa shape index (κ3) is 5.54. The number of hydrogen-bond donors (Lipinski definition) is 3. The van der Waals surface area contributed by atoms with Gasteiger partial charge in [0.1, 0.15) is 19.1 Å². The van der Waals surface area contributed by atoms with Crippen LogP contribution in [0.1, 0.15) is 23.4 Å². The summed E-state index contributed by atoms with van der Waals surface area (Å²) in [6, 6.07) is 11.2. The van der Waals surface area contributed by atoms with Crippen LogP contribution in [0.5, 0.6) is 0 Å². The van der Waals surface area contributed by atoms with Gasteiger partial charge < -0.3 is 20.3 Å². The number of ether oxygens (including phenoxy) is 1. The summed E-state index contributed by atoms with van der Waals surface area (Å²) in [4.78, 5) is 27.2. The minimum atomic E-state index is -0.635. The first kappa shape index (κ1) is 20.8. The maximum Gasteiger partial charge on any atom is 0.309 e. The monoisotopic (exact) mass is 422 g/mol. The van der Waals surface area contributed by atoms with Gasteiger partial charge in [0.15, 0.2) is 0 Å². The molecule has 150 valence electrons. The molecule has 0 radical (unpaired) electrons. The summed E-state index contributed by atoms with van der Waals surface area (Å²) in [5.41, 5.74) is 0.882. The summed E-state index contributed by atoms with van der Waals surface area (Å²) in [6.45, 7) is 5.41. The Morgan fingerprint density at radius 1 is 1.18 bits per heavy atom. The highest BCUT2D eigenvalue weighted by molar-refractivity contribution is 7.10. The summed E-state index contributed by atoms with van der Waals surface area (Å²) in [7, 11) is 0. The van der Waals surface area contributed by atoms with Gasteiger partial charge in [-0.25, -0.2) is 0 Å². The molecule has 3 N–H and O–H groups in total. The lowest BCUT2D eigenvalue weighted by Gasteiger charge is -2.34. The average Bonchev–Trinajstić information content (AvgIpc) is 3.22. The predicted octanol–water partition coefficient (Wildman–Crippen LogP) is 1.18. The van der Waals surface area contributed by atoms with E-state index in [-0.39, 0.29) is 18.6 Å². The summed E-state index contributed by atoms with van der Waals surface area (Å²) >= 11 is 7.53. The zero-order chi connectivity index (χ0) is 19.9. The van der Waals surface area contributed by atoms with E-state index in [2.05, 4.69) is 16.7 Å². The van der Waals surface area contributed by atoms with Gasteiger partial charge in [0.25, 0.3) is 0 Å². The standard InChI is InChI=1S/C20H24ClN3O3S/c1-14(18(17-3-2-12-28-17)24-8-10-27-11-9-24)23-20(26)19(25)22-13-15-4-6-16(21)7-5-15/h2-7,12,14,18H,8-11,13H2,1H3,(H,22,25)(H,23,26)/p+1/t14-,18-/m1/s1. The van der Waals surface area contributed by atoms with Crippen LogP contribution >= 0.6 is 22.9 Å². The summed E-state index contributed by atoms with van der Waals surface area (Å²) in [5.74, 6) is -1.25. The quantitative estimate of drug-likeness (QED) is 0.612. The van der Waals surface area contributed by atoms with Crippen LogP contribution in [-0.2, 0) is 20.9 Å². The molecule has 3 rings (SSSR count). The molecule has 2 aromatic rings. The predicted molar refractivity (Wildman–Crippen MR) is 109 cm³/mol. The first-order chi connectivity index (χ1) is 13.5. The topological polar surface area (TPSA) is 71.9 Å². The molecule has 0 spiro atoms. The zero-order valence-corrected chi connectivity index (χ0v) is 17.3. The molecular formula is C20H25ClN3O3S+. The van der Waals surface area contributed by atoms with Gasteiger partial charge in [-0.2, -0.15) is 0 Å².